The highest BCUT2D eigenvalue weighted by Gasteiger charge is 2.28. The third kappa shape index (κ3) is 4.16. The molecule has 0 unspecified atom stereocenters. The van der Waals surface area contributed by atoms with Crippen molar-refractivity contribution in [3.8, 4) is 0 Å². The van der Waals surface area contributed by atoms with Crippen molar-refractivity contribution in [2.45, 2.75) is 48.4 Å². The summed E-state index contributed by atoms with van der Waals surface area (Å²) in [6.45, 7) is 0.703. The lowest BCUT2D eigenvalue weighted by Gasteiger charge is -2.14. The summed E-state index contributed by atoms with van der Waals surface area (Å²) < 4.78 is 0.831. The van der Waals surface area contributed by atoms with E-state index >= 15 is 0 Å². The molecule has 1 saturated heterocycles. The number of amides is 2. The number of hydrogen-bond acceptors (Lipinski definition) is 6. The van der Waals surface area contributed by atoms with Crippen LogP contribution in [0.15, 0.2) is 4.34 Å². The van der Waals surface area contributed by atoms with Gasteiger partial charge in [0.2, 0.25) is 11.8 Å². The average molecular weight is 326 g/mol. The van der Waals surface area contributed by atoms with Crippen LogP contribution in [-0.2, 0) is 9.59 Å². The van der Waals surface area contributed by atoms with Gasteiger partial charge in [0, 0.05) is 12.5 Å². The molecule has 3 rings (SSSR count). The molecule has 2 fully saturated rings. The van der Waals surface area contributed by atoms with Crippen LogP contribution in [0.1, 0.15) is 43.0 Å². The molecule has 1 saturated carbocycles. The fraction of sp³-hybridized carbons (Fsp3) is 0.692. The maximum absolute atomic E-state index is 11.9. The molecule has 1 atom stereocenters. The number of aromatic nitrogens is 2. The Kier molecular flexibility index (Phi) is 4.74. The van der Waals surface area contributed by atoms with Crippen molar-refractivity contribution in [2.75, 3.05) is 12.3 Å². The quantitative estimate of drug-likeness (QED) is 0.797. The van der Waals surface area contributed by atoms with Crippen molar-refractivity contribution < 1.29 is 9.59 Å². The predicted molar refractivity (Wildman–Crippen MR) is 81.4 cm³/mol. The van der Waals surface area contributed by atoms with E-state index in [1.54, 1.807) is 11.3 Å². The molecule has 0 spiro atoms. The van der Waals surface area contributed by atoms with Gasteiger partial charge in [0.25, 0.3) is 0 Å². The van der Waals surface area contributed by atoms with E-state index < -0.39 is 6.04 Å². The summed E-state index contributed by atoms with van der Waals surface area (Å²) in [6, 6.07) is -0.392. The van der Waals surface area contributed by atoms with Gasteiger partial charge in [-0.1, -0.05) is 23.1 Å². The molecule has 1 aromatic heterocycles. The molecule has 0 aromatic carbocycles. The van der Waals surface area contributed by atoms with Crippen molar-refractivity contribution in [3.63, 3.8) is 0 Å². The summed E-state index contributed by atoms with van der Waals surface area (Å²) in [5, 5.41) is 15.0. The zero-order valence-electron chi connectivity index (χ0n) is 11.6. The highest BCUT2D eigenvalue weighted by Crippen LogP contribution is 2.42. The molecule has 2 N–H and O–H groups in total. The second-order valence-corrected chi connectivity index (χ2v) is 7.61. The third-order valence-electron chi connectivity index (χ3n) is 3.55. The number of carbonyl (C=O) groups is 2. The second kappa shape index (κ2) is 6.74. The highest BCUT2D eigenvalue weighted by atomic mass is 32.2. The van der Waals surface area contributed by atoms with Crippen molar-refractivity contribution >= 4 is 34.9 Å². The molecule has 21 heavy (non-hydrogen) atoms. The van der Waals surface area contributed by atoms with E-state index in [1.807, 2.05) is 0 Å². The molecule has 1 aromatic rings. The third-order valence-corrected chi connectivity index (χ3v) is 5.77. The molecule has 2 aliphatic rings. The molecule has 114 valence electrons. The van der Waals surface area contributed by atoms with Gasteiger partial charge in [-0.2, -0.15) is 0 Å². The lowest BCUT2D eigenvalue weighted by Crippen LogP contribution is -2.46. The standard InChI is InChI=1S/C13H18N4O2S2/c18-10(15-9-3-1-2-6-14-11(9)19)7-20-13-17-16-12(21-13)8-4-5-8/h8-9H,1-7H2,(H,14,19)(H,15,18)/t9-/m1/s1. The smallest absolute Gasteiger partial charge is 0.242 e. The maximum Gasteiger partial charge on any atom is 0.242 e. The van der Waals surface area contributed by atoms with Gasteiger partial charge in [0.05, 0.1) is 5.75 Å². The van der Waals surface area contributed by atoms with Gasteiger partial charge >= 0.3 is 0 Å². The first-order valence-electron chi connectivity index (χ1n) is 7.25. The lowest BCUT2D eigenvalue weighted by molar-refractivity contribution is -0.127. The average Bonchev–Trinajstić information content (AvgIpc) is 3.25. The summed E-state index contributed by atoms with van der Waals surface area (Å²) >= 11 is 2.97. The van der Waals surface area contributed by atoms with Crippen LogP contribution in [0.4, 0.5) is 0 Å². The molecule has 0 radical (unpaired) electrons. The molecule has 1 aliphatic heterocycles. The van der Waals surface area contributed by atoms with E-state index in [4.69, 9.17) is 0 Å². The zero-order valence-corrected chi connectivity index (χ0v) is 13.3. The predicted octanol–water partition coefficient (Wildman–Crippen LogP) is 1.29. The summed E-state index contributed by atoms with van der Waals surface area (Å²) in [5.41, 5.74) is 0. The van der Waals surface area contributed by atoms with Gasteiger partial charge in [-0.3, -0.25) is 9.59 Å². The maximum atomic E-state index is 11.9. The monoisotopic (exact) mass is 326 g/mol. The van der Waals surface area contributed by atoms with E-state index in [1.165, 1.54) is 24.6 Å². The minimum absolute atomic E-state index is 0.0715. The molecular weight excluding hydrogens is 308 g/mol. The first-order valence-corrected chi connectivity index (χ1v) is 9.06. The van der Waals surface area contributed by atoms with Gasteiger partial charge < -0.3 is 10.6 Å². The normalized spacial score (nSPS) is 22.5. The summed E-state index contributed by atoms with van der Waals surface area (Å²) in [4.78, 5) is 23.7. The van der Waals surface area contributed by atoms with Gasteiger partial charge in [-0.15, -0.1) is 10.2 Å². The molecule has 1 aliphatic carbocycles. The SMILES string of the molecule is O=C(CSc1nnc(C2CC2)s1)N[C@@H]1CCCCNC1=O. The lowest BCUT2D eigenvalue weighted by atomic mass is 10.1. The van der Waals surface area contributed by atoms with Crippen LogP contribution in [0.2, 0.25) is 0 Å². The topological polar surface area (TPSA) is 84.0 Å². The Bertz CT molecular complexity index is 530. The van der Waals surface area contributed by atoms with Gasteiger partial charge in [0.15, 0.2) is 4.34 Å². The van der Waals surface area contributed by atoms with E-state index in [0.717, 1.165) is 22.2 Å². The summed E-state index contributed by atoms with van der Waals surface area (Å²) in [6.07, 6.45) is 5.06. The Morgan fingerprint density at radius 2 is 2.19 bits per heavy atom. The number of thioether (sulfide) groups is 1. The van der Waals surface area contributed by atoms with Crippen LogP contribution in [0.5, 0.6) is 0 Å². The largest absolute Gasteiger partial charge is 0.354 e. The number of rotatable bonds is 5. The first-order chi connectivity index (χ1) is 10.2. The highest BCUT2D eigenvalue weighted by molar-refractivity contribution is 8.01. The van der Waals surface area contributed by atoms with Crippen molar-refractivity contribution in [3.05, 3.63) is 5.01 Å². The Morgan fingerprint density at radius 1 is 1.33 bits per heavy atom. The van der Waals surface area contributed by atoms with Gasteiger partial charge in [-0.05, 0) is 32.1 Å². The zero-order chi connectivity index (χ0) is 14.7. The second-order valence-electron chi connectivity index (χ2n) is 5.38. The van der Waals surface area contributed by atoms with E-state index in [0.29, 0.717) is 18.9 Å². The molecule has 2 amide bonds. The van der Waals surface area contributed by atoms with Gasteiger partial charge in [-0.25, -0.2) is 0 Å². The molecule has 2 heterocycles. The van der Waals surface area contributed by atoms with Crippen molar-refractivity contribution in [1.82, 2.24) is 20.8 Å². The van der Waals surface area contributed by atoms with Crippen LogP contribution < -0.4 is 10.6 Å². The minimum atomic E-state index is -0.392. The minimum Gasteiger partial charge on any atom is -0.354 e. The van der Waals surface area contributed by atoms with Crippen LogP contribution in [0.3, 0.4) is 0 Å². The fourth-order valence-corrected chi connectivity index (χ4v) is 4.06. The summed E-state index contributed by atoms with van der Waals surface area (Å²) in [5.74, 6) is 0.687. The number of carbonyl (C=O) groups excluding carboxylic acids is 2. The van der Waals surface area contributed by atoms with E-state index in [-0.39, 0.29) is 17.6 Å². The Morgan fingerprint density at radius 3 is 3.00 bits per heavy atom. The first kappa shape index (κ1) is 14.8. The molecule has 0 bridgehead atoms. The van der Waals surface area contributed by atoms with Gasteiger partial charge in [0.1, 0.15) is 11.0 Å². The Hall–Kier alpha value is -1.15. The van der Waals surface area contributed by atoms with Crippen molar-refractivity contribution in [1.29, 1.82) is 0 Å². The van der Waals surface area contributed by atoms with Crippen LogP contribution in [0.25, 0.3) is 0 Å². The van der Waals surface area contributed by atoms with Crippen molar-refractivity contribution in [2.24, 2.45) is 0 Å². The summed E-state index contributed by atoms with van der Waals surface area (Å²) in [7, 11) is 0. The Balaban J connectivity index is 1.45. The molecule has 6 nitrogen and oxygen atoms in total. The number of hydrogen-bond donors (Lipinski definition) is 2. The molecule has 8 heteroatoms. The van der Waals surface area contributed by atoms with E-state index in [2.05, 4.69) is 20.8 Å². The van der Waals surface area contributed by atoms with Crippen LogP contribution >= 0.6 is 23.1 Å². The van der Waals surface area contributed by atoms with E-state index in [9.17, 15) is 9.59 Å². The number of nitrogens with one attached hydrogen (secondary N) is 2. The van der Waals surface area contributed by atoms with Crippen LogP contribution in [-0.4, -0.2) is 40.4 Å². The Labute approximate surface area is 131 Å². The number of nitrogens with zero attached hydrogens (tertiary/aromatic N) is 2. The molecular formula is C13H18N4O2S2. The van der Waals surface area contributed by atoms with Crippen LogP contribution in [0, 0.1) is 0 Å². The fourth-order valence-electron chi connectivity index (χ4n) is 2.21.